The molecule has 0 unspecified atom stereocenters. The van der Waals surface area contributed by atoms with E-state index in [4.69, 9.17) is 22.8 Å². The van der Waals surface area contributed by atoms with Gasteiger partial charge in [-0.2, -0.15) is 13.2 Å². The monoisotopic (exact) mass is 336 g/mol. The average molecular weight is 336 g/mol. The first-order chi connectivity index (χ1) is 9.67. The van der Waals surface area contributed by atoms with Crippen LogP contribution >= 0.6 is 11.8 Å². The van der Waals surface area contributed by atoms with Crippen molar-refractivity contribution in [3.05, 3.63) is 18.2 Å². The highest BCUT2D eigenvalue weighted by molar-refractivity contribution is 8.00. The topological polar surface area (TPSA) is 49.7 Å². The van der Waals surface area contributed by atoms with Crippen molar-refractivity contribution in [1.29, 1.82) is 0 Å². The van der Waals surface area contributed by atoms with Crippen LogP contribution in [0.2, 0.25) is 0 Å². The molecule has 0 aromatic heterocycles. The van der Waals surface area contributed by atoms with E-state index in [1.807, 2.05) is 0 Å². The Morgan fingerprint density at radius 2 is 1.50 bits per heavy atom. The first kappa shape index (κ1) is 21.1. The predicted octanol–water partition coefficient (Wildman–Crippen LogP) is 2.63. The number of benzene rings is 1. The lowest BCUT2D eigenvalue weighted by atomic mass is 9.90. The van der Waals surface area contributed by atoms with Gasteiger partial charge >= 0.3 is 5.51 Å². The van der Waals surface area contributed by atoms with Crippen LogP contribution in [0.4, 0.5) is 13.2 Å². The summed E-state index contributed by atoms with van der Waals surface area (Å²) in [5, 5.41) is 18.2. The van der Waals surface area contributed by atoms with E-state index in [-0.39, 0.29) is 22.4 Å². The van der Waals surface area contributed by atoms with Gasteiger partial charge in [0, 0.05) is 4.90 Å². The zero-order valence-electron chi connectivity index (χ0n) is 13.2. The Balaban J connectivity index is 0.000000472. The van der Waals surface area contributed by atoms with Gasteiger partial charge < -0.3 is 14.9 Å². The van der Waals surface area contributed by atoms with Gasteiger partial charge in [-0.3, -0.25) is 0 Å². The van der Waals surface area contributed by atoms with E-state index >= 15 is 0 Å². The summed E-state index contributed by atoms with van der Waals surface area (Å²) in [6, 6.07) is 3.94. The number of alkyl halides is 3. The third-order valence-electron chi connectivity index (χ3n) is 2.94. The van der Waals surface area contributed by atoms with Gasteiger partial charge in [-0.05, 0) is 51.6 Å². The van der Waals surface area contributed by atoms with Crippen LogP contribution in [0.25, 0.3) is 0 Å². The zero-order valence-corrected chi connectivity index (χ0v) is 14.0. The highest BCUT2D eigenvalue weighted by Gasteiger charge is 2.32. The summed E-state index contributed by atoms with van der Waals surface area (Å²) in [6.45, 7) is 6.31. The molecule has 0 saturated carbocycles. The molecule has 0 bridgehead atoms. The minimum Gasteiger partial charge on any atom is -0.497 e. The lowest BCUT2D eigenvalue weighted by Crippen LogP contribution is -2.44. The molecule has 0 aliphatic carbocycles. The van der Waals surface area contributed by atoms with E-state index in [9.17, 15) is 13.2 Å². The Labute approximate surface area is 134 Å². The molecule has 0 fully saturated rings. The number of rotatable bonds is 3. The summed E-state index contributed by atoms with van der Waals surface area (Å²) < 4.78 is 40.7. The lowest BCUT2D eigenvalue weighted by Gasteiger charge is -2.31. The largest absolute Gasteiger partial charge is 0.497 e. The second-order valence-electron chi connectivity index (χ2n) is 5.57. The van der Waals surface area contributed by atoms with Crippen LogP contribution < -0.4 is 10.2 Å². The summed E-state index contributed by atoms with van der Waals surface area (Å²) in [5.74, 6) is 0.249. The van der Waals surface area contributed by atoms with Gasteiger partial charge in [0.2, 0.25) is 0 Å². The third kappa shape index (κ3) is 7.96. The number of halogens is 3. The Kier molecular flexibility index (Phi) is 7.32. The quantitative estimate of drug-likeness (QED) is 0.658. The number of methoxy groups -OCH3 is 1. The highest BCUT2D eigenvalue weighted by Crippen LogP contribution is 2.37. The third-order valence-corrected chi connectivity index (χ3v) is 3.66. The van der Waals surface area contributed by atoms with Crippen LogP contribution in [0.3, 0.4) is 0 Å². The maximum atomic E-state index is 12.0. The van der Waals surface area contributed by atoms with Gasteiger partial charge in [-0.1, -0.05) is 11.5 Å². The Hall–Kier alpha value is -0.855. The molecule has 0 aliphatic heterocycles. The number of hydrogen-bond acceptors (Lipinski definition) is 4. The summed E-state index contributed by atoms with van der Waals surface area (Å²) >= 11 is -0.197. The molecule has 0 saturated heterocycles. The molecule has 1 aromatic rings. The van der Waals surface area contributed by atoms with E-state index in [2.05, 4.69) is 0 Å². The fraction of sp³-hybridized carbons (Fsp3) is 0.571. The molecule has 2 N–H and O–H groups in total. The predicted molar refractivity (Wildman–Crippen MR) is 82.9 cm³/mol. The van der Waals surface area contributed by atoms with Crippen molar-refractivity contribution in [2.45, 2.75) is 49.3 Å². The molecule has 2 radical (unpaired) electrons. The molecule has 22 heavy (non-hydrogen) atoms. The van der Waals surface area contributed by atoms with Gasteiger partial charge in [-0.25, -0.2) is 0 Å². The van der Waals surface area contributed by atoms with E-state index in [0.717, 1.165) is 0 Å². The summed E-state index contributed by atoms with van der Waals surface area (Å²) in [7, 11) is 6.80. The van der Waals surface area contributed by atoms with Crippen molar-refractivity contribution >= 4 is 25.1 Å². The molecular formula is C14H20BF3O3S. The molecule has 8 heteroatoms. The fourth-order valence-corrected chi connectivity index (χ4v) is 1.46. The van der Waals surface area contributed by atoms with Gasteiger partial charge in [-0.15, -0.1) is 0 Å². The van der Waals surface area contributed by atoms with Crippen LogP contribution in [0, 0.1) is 0 Å². The highest BCUT2D eigenvalue weighted by atomic mass is 32.2. The standard InChI is InChI=1S/C8H6BF3OS.C6H14O2/c1-13-7-4-5(2-3-6(7)9)14-8(10,11)12;1-5(2,7)6(3,4)8/h2-4H,1H3;7-8H,1-4H3. The minimum atomic E-state index is -4.29. The normalized spacial score (nSPS) is 12.5. The van der Waals surface area contributed by atoms with Gasteiger partial charge in [0.05, 0.1) is 18.3 Å². The van der Waals surface area contributed by atoms with Crippen molar-refractivity contribution in [3.8, 4) is 5.75 Å². The van der Waals surface area contributed by atoms with E-state index < -0.39 is 16.7 Å². The summed E-state index contributed by atoms with van der Waals surface area (Å²) in [4.78, 5) is 0.0588. The molecule has 0 atom stereocenters. The number of thioether (sulfide) groups is 1. The van der Waals surface area contributed by atoms with Gasteiger partial charge in [0.1, 0.15) is 13.6 Å². The average Bonchev–Trinajstić information content (AvgIpc) is 2.28. The van der Waals surface area contributed by atoms with Crippen LogP contribution in [-0.2, 0) is 0 Å². The lowest BCUT2D eigenvalue weighted by molar-refractivity contribution is -0.107. The molecular weight excluding hydrogens is 316 g/mol. The minimum absolute atomic E-state index is 0.0588. The molecule has 3 nitrogen and oxygen atoms in total. The smallest absolute Gasteiger partial charge is 0.446 e. The maximum absolute atomic E-state index is 12.0. The van der Waals surface area contributed by atoms with Crippen molar-refractivity contribution in [3.63, 3.8) is 0 Å². The molecule has 0 spiro atoms. The zero-order chi connectivity index (χ0) is 17.8. The van der Waals surface area contributed by atoms with Crippen LogP contribution in [-0.4, -0.2) is 41.9 Å². The van der Waals surface area contributed by atoms with Crippen molar-refractivity contribution < 1.29 is 28.1 Å². The fourth-order valence-electron chi connectivity index (χ4n) is 0.889. The summed E-state index contributed by atoms with van der Waals surface area (Å²) in [5.41, 5.74) is -5.99. The van der Waals surface area contributed by atoms with Crippen molar-refractivity contribution in [2.75, 3.05) is 7.11 Å². The number of ether oxygens (including phenoxy) is 1. The second kappa shape index (κ2) is 7.61. The van der Waals surface area contributed by atoms with E-state index in [0.29, 0.717) is 5.46 Å². The van der Waals surface area contributed by atoms with Crippen LogP contribution in [0.1, 0.15) is 27.7 Å². The Bertz CT molecular complexity index is 468. The van der Waals surface area contributed by atoms with Crippen LogP contribution in [0.5, 0.6) is 5.75 Å². The Morgan fingerprint density at radius 1 is 1.05 bits per heavy atom. The first-order valence-electron chi connectivity index (χ1n) is 6.31. The molecule has 0 heterocycles. The first-order valence-corrected chi connectivity index (χ1v) is 7.13. The SMILES string of the molecule is CC(C)(O)C(C)(C)O.[B]c1ccc(SC(F)(F)F)cc1OC. The van der Waals surface area contributed by atoms with Gasteiger partial charge in [0.15, 0.2) is 0 Å². The van der Waals surface area contributed by atoms with Crippen LogP contribution in [0.15, 0.2) is 23.1 Å². The van der Waals surface area contributed by atoms with Gasteiger partial charge in [0.25, 0.3) is 0 Å². The molecule has 1 aromatic carbocycles. The second-order valence-corrected chi connectivity index (χ2v) is 6.71. The van der Waals surface area contributed by atoms with Crippen molar-refractivity contribution in [1.82, 2.24) is 0 Å². The van der Waals surface area contributed by atoms with E-state index in [1.54, 1.807) is 27.7 Å². The van der Waals surface area contributed by atoms with Crippen molar-refractivity contribution in [2.24, 2.45) is 0 Å². The molecule has 0 amide bonds. The molecule has 124 valence electrons. The Morgan fingerprint density at radius 3 is 1.82 bits per heavy atom. The summed E-state index contributed by atoms with van der Waals surface area (Å²) in [6.07, 6.45) is 0. The number of hydrogen-bond donors (Lipinski definition) is 2. The molecule has 0 aliphatic rings. The van der Waals surface area contributed by atoms with E-state index in [1.165, 1.54) is 25.3 Å². The number of aliphatic hydroxyl groups is 2. The maximum Gasteiger partial charge on any atom is 0.446 e. The molecule has 1 rings (SSSR count).